The molecule has 0 aliphatic rings. The van der Waals surface area contributed by atoms with Crippen LogP contribution in [0.5, 0.6) is 0 Å². The zero-order valence-corrected chi connectivity index (χ0v) is 29.5. The largest absolute Gasteiger partial charge is 0.416 e. The van der Waals surface area contributed by atoms with E-state index in [-0.39, 0.29) is 23.6 Å². The molecule has 0 unspecified atom stereocenters. The molecule has 6 aromatic rings. The van der Waals surface area contributed by atoms with E-state index in [0.29, 0.717) is 17.8 Å². The average Bonchev–Trinajstić information content (AvgIpc) is 3.83. The molecule has 0 aliphatic heterocycles. The van der Waals surface area contributed by atoms with E-state index in [4.69, 9.17) is 0 Å². The van der Waals surface area contributed by atoms with Crippen LogP contribution in [0.25, 0.3) is 17.6 Å². The quantitative estimate of drug-likeness (QED) is 0.0573. The van der Waals surface area contributed by atoms with Crippen LogP contribution in [0.3, 0.4) is 0 Å². The smallest absolute Gasteiger partial charge is 0.320 e. The van der Waals surface area contributed by atoms with Crippen LogP contribution in [0.15, 0.2) is 114 Å². The van der Waals surface area contributed by atoms with E-state index in [9.17, 15) is 35.9 Å². The standard InChI is InChI=1S/C19H19N5O.C17H11F6N7O/c1-13-6-4-5-7-17(13)23-22-15-8-9-16(14(2)12-15)21-19(25)18-10-11-20-24(18)3;18-16(19,20)11-5-10(6-12(7-11)17(21,22)23)15-26-9-30(29-15)4-1-14(31)28-27-13-8-24-2-3-25-13/h4-12H,1-3H3,(H,21,25);1-9H,(H,25,27)(H,28,31). The van der Waals surface area contributed by atoms with Crippen molar-refractivity contribution in [1.82, 2.24) is 39.9 Å². The molecule has 3 aromatic carbocycles. The minimum absolute atomic E-state index is 0.00878. The first-order chi connectivity index (χ1) is 26.6. The Kier molecular flexibility index (Phi) is 12.3. The normalized spacial score (nSPS) is 11.7. The molecule has 0 spiro atoms. The fraction of sp³-hybridized carbons (Fsp3) is 0.139. The van der Waals surface area contributed by atoms with Gasteiger partial charge in [-0.15, -0.1) is 5.10 Å². The molecule has 20 heteroatoms. The third-order valence-corrected chi connectivity index (χ3v) is 7.51. The second-order valence-corrected chi connectivity index (χ2v) is 11.6. The number of carbonyl (C=O) groups excluding carboxylic acids is 2. The molecule has 288 valence electrons. The van der Waals surface area contributed by atoms with Crippen LogP contribution >= 0.6 is 0 Å². The van der Waals surface area contributed by atoms with Crippen molar-refractivity contribution in [2.24, 2.45) is 17.3 Å². The van der Waals surface area contributed by atoms with E-state index in [1.807, 2.05) is 56.3 Å². The summed E-state index contributed by atoms with van der Waals surface area (Å²) < 4.78 is 80.4. The first-order valence-electron chi connectivity index (χ1n) is 16.2. The first-order valence-corrected chi connectivity index (χ1v) is 16.2. The number of anilines is 2. The fourth-order valence-corrected chi connectivity index (χ4v) is 4.66. The summed E-state index contributed by atoms with van der Waals surface area (Å²) in [5.74, 6) is -0.977. The van der Waals surface area contributed by atoms with E-state index in [1.165, 1.54) is 23.3 Å². The number of benzene rings is 3. The lowest BCUT2D eigenvalue weighted by atomic mass is 10.0. The molecule has 0 radical (unpaired) electrons. The van der Waals surface area contributed by atoms with Crippen LogP contribution in [0.1, 0.15) is 32.7 Å². The summed E-state index contributed by atoms with van der Waals surface area (Å²) in [5, 5.41) is 19.2. The molecule has 0 bridgehead atoms. The fourth-order valence-electron chi connectivity index (χ4n) is 4.66. The second-order valence-electron chi connectivity index (χ2n) is 11.6. The first kappa shape index (κ1) is 39.9. The molecule has 3 heterocycles. The van der Waals surface area contributed by atoms with Gasteiger partial charge < -0.3 is 5.32 Å². The zero-order valence-electron chi connectivity index (χ0n) is 29.5. The lowest BCUT2D eigenvalue weighted by Crippen LogP contribution is -2.28. The predicted molar refractivity (Wildman–Crippen MR) is 192 cm³/mol. The maximum atomic E-state index is 13.0. The molecule has 0 saturated carbocycles. The lowest BCUT2D eigenvalue weighted by Gasteiger charge is -2.13. The van der Waals surface area contributed by atoms with Gasteiger partial charge in [-0.1, -0.05) is 18.2 Å². The highest BCUT2D eigenvalue weighted by Gasteiger charge is 2.37. The number of hydrogen-bond acceptors (Lipinski definition) is 10. The third-order valence-electron chi connectivity index (χ3n) is 7.51. The summed E-state index contributed by atoms with van der Waals surface area (Å²) in [7, 11) is 1.73. The Bertz CT molecular complexity index is 2340. The Hall–Kier alpha value is -7.25. The molecule has 56 heavy (non-hydrogen) atoms. The molecule has 14 nitrogen and oxygen atoms in total. The Labute approximate surface area is 314 Å². The van der Waals surface area contributed by atoms with E-state index >= 15 is 0 Å². The minimum Gasteiger partial charge on any atom is -0.320 e. The molecule has 0 saturated heterocycles. The van der Waals surface area contributed by atoms with Gasteiger partial charge in [0.1, 0.15) is 12.0 Å². The van der Waals surface area contributed by atoms with E-state index in [0.717, 1.165) is 51.5 Å². The minimum atomic E-state index is -4.99. The summed E-state index contributed by atoms with van der Waals surface area (Å²) in [6, 6.07) is 16.1. The van der Waals surface area contributed by atoms with Crippen molar-refractivity contribution >= 4 is 40.9 Å². The monoisotopic (exact) mass is 776 g/mol. The Balaban J connectivity index is 0.000000219. The number of rotatable bonds is 9. The Morgan fingerprint density at radius 2 is 1.55 bits per heavy atom. The van der Waals surface area contributed by atoms with Gasteiger partial charge in [-0.25, -0.2) is 14.6 Å². The number of aryl methyl sites for hydroxylation is 3. The summed E-state index contributed by atoms with van der Waals surface area (Å²) in [6.45, 7) is 3.92. The number of azo groups is 1. The van der Waals surface area contributed by atoms with Gasteiger partial charge in [-0.2, -0.15) is 41.7 Å². The van der Waals surface area contributed by atoms with Gasteiger partial charge in [-0.3, -0.25) is 30.1 Å². The number of aromatic nitrogens is 7. The average molecular weight is 777 g/mol. The van der Waals surface area contributed by atoms with E-state index in [1.54, 1.807) is 19.3 Å². The number of carbonyl (C=O) groups is 2. The maximum absolute atomic E-state index is 13.0. The number of nitrogens with one attached hydrogen (secondary N) is 3. The molecule has 0 atom stereocenters. The number of amides is 2. The molecular weight excluding hydrogens is 746 g/mol. The number of hydrazine groups is 1. The van der Waals surface area contributed by atoms with Crippen LogP contribution in [0.4, 0.5) is 49.2 Å². The number of nitrogens with zero attached hydrogens (tertiary/aromatic N) is 9. The van der Waals surface area contributed by atoms with Crippen molar-refractivity contribution in [3.05, 3.63) is 132 Å². The van der Waals surface area contributed by atoms with Crippen molar-refractivity contribution in [2.75, 3.05) is 10.7 Å². The second kappa shape index (κ2) is 17.3. The molecule has 6 rings (SSSR count). The highest BCUT2D eigenvalue weighted by molar-refractivity contribution is 6.03. The molecule has 2 amide bonds. The molecular formula is C36H30F6N12O2. The van der Waals surface area contributed by atoms with Gasteiger partial charge in [0.15, 0.2) is 11.6 Å². The number of halogens is 6. The molecule has 3 N–H and O–H groups in total. The van der Waals surface area contributed by atoms with Gasteiger partial charge in [0.25, 0.3) is 11.8 Å². The van der Waals surface area contributed by atoms with Crippen molar-refractivity contribution in [2.45, 2.75) is 26.2 Å². The van der Waals surface area contributed by atoms with Gasteiger partial charge in [0, 0.05) is 49.2 Å². The van der Waals surface area contributed by atoms with Crippen LogP contribution in [0.2, 0.25) is 0 Å². The molecule has 3 aromatic heterocycles. The van der Waals surface area contributed by atoms with Crippen molar-refractivity contribution < 1.29 is 35.9 Å². The van der Waals surface area contributed by atoms with Gasteiger partial charge in [0.05, 0.1) is 28.7 Å². The summed E-state index contributed by atoms with van der Waals surface area (Å²) in [5.41, 5.74) is 6.08. The van der Waals surface area contributed by atoms with Gasteiger partial charge in [-0.05, 0) is 73.5 Å². The van der Waals surface area contributed by atoms with Crippen LogP contribution in [-0.2, 0) is 24.2 Å². The predicted octanol–water partition coefficient (Wildman–Crippen LogP) is 8.09. The maximum Gasteiger partial charge on any atom is 0.416 e. The lowest BCUT2D eigenvalue weighted by molar-refractivity contribution is -0.143. The van der Waals surface area contributed by atoms with Gasteiger partial charge >= 0.3 is 12.4 Å². The highest BCUT2D eigenvalue weighted by atomic mass is 19.4. The number of hydrogen-bond donors (Lipinski definition) is 3. The SMILES string of the molecule is Cc1ccccc1N=Nc1ccc(NC(=O)c2ccnn2C)c(C)c1.O=C(C=Cn1cnc(-c2cc(C(F)(F)F)cc(C(F)(F)F)c2)n1)NNc1cnccn1. The van der Waals surface area contributed by atoms with Crippen molar-refractivity contribution in [1.29, 1.82) is 0 Å². The van der Waals surface area contributed by atoms with Crippen molar-refractivity contribution in [3.63, 3.8) is 0 Å². The topological polar surface area (TPSA) is 169 Å². The van der Waals surface area contributed by atoms with E-state index < -0.39 is 35.0 Å². The van der Waals surface area contributed by atoms with E-state index in [2.05, 4.69) is 51.5 Å². The van der Waals surface area contributed by atoms with Gasteiger partial charge in [0.2, 0.25) is 0 Å². The highest BCUT2D eigenvalue weighted by Crippen LogP contribution is 2.38. The Morgan fingerprint density at radius 3 is 2.18 bits per heavy atom. The summed E-state index contributed by atoms with van der Waals surface area (Å²) >= 11 is 0. The van der Waals surface area contributed by atoms with Crippen molar-refractivity contribution in [3.8, 4) is 11.4 Å². The summed E-state index contributed by atoms with van der Waals surface area (Å²) in [4.78, 5) is 35.4. The van der Waals surface area contributed by atoms with Crippen LogP contribution in [-0.4, -0.2) is 46.3 Å². The summed E-state index contributed by atoms with van der Waals surface area (Å²) in [6.07, 6.45) is -1.12. The third kappa shape index (κ3) is 10.9. The van der Waals surface area contributed by atoms with Crippen LogP contribution in [0, 0.1) is 13.8 Å². The Morgan fingerprint density at radius 1 is 0.821 bits per heavy atom. The van der Waals surface area contributed by atoms with Crippen LogP contribution < -0.4 is 16.2 Å². The molecule has 0 fully saturated rings. The molecule has 0 aliphatic carbocycles. The number of alkyl halides is 6. The zero-order chi connectivity index (χ0) is 40.5.